The molecule has 0 aliphatic rings. The van der Waals surface area contributed by atoms with Crippen molar-refractivity contribution in [2.45, 2.75) is 0 Å². The summed E-state index contributed by atoms with van der Waals surface area (Å²) < 4.78 is 135. The summed E-state index contributed by atoms with van der Waals surface area (Å²) in [5.74, 6) is 0.511. The van der Waals surface area contributed by atoms with Gasteiger partial charge in [0.15, 0.2) is 34.9 Å². The number of pyridine rings is 1. The number of thiophene rings is 2. The Hall–Kier alpha value is -12.2. The van der Waals surface area contributed by atoms with Crippen LogP contribution in [0.2, 0.25) is 0 Å². The molecule has 7 aromatic heterocycles. The Morgan fingerprint density at radius 1 is 0.255 bits per heavy atom. The van der Waals surface area contributed by atoms with Crippen molar-refractivity contribution in [2.24, 2.45) is 0 Å². The van der Waals surface area contributed by atoms with Crippen molar-refractivity contribution >= 4 is 107 Å². The molecule has 0 atom stereocenters. The van der Waals surface area contributed by atoms with Crippen molar-refractivity contribution in [3.8, 4) is 91.0 Å². The second-order valence-electron chi connectivity index (χ2n) is 22.1. The summed E-state index contributed by atoms with van der Waals surface area (Å²) in [5.41, 5.74) is 8.15. The van der Waals surface area contributed by atoms with Gasteiger partial charge in [-0.3, -0.25) is 4.57 Å². The summed E-state index contributed by atoms with van der Waals surface area (Å²) in [4.78, 5) is 32.6. The average molecular weight is 1250 g/mol. The topological polar surface area (TPSA) is 100 Å². The number of hydrogen-bond donors (Lipinski definition) is 0. The van der Waals surface area contributed by atoms with E-state index in [0.717, 1.165) is 55.0 Å². The van der Waals surface area contributed by atoms with Crippen LogP contribution in [0.15, 0.2) is 309 Å². The zero-order chi connectivity index (χ0) is 75.1. The Bertz CT molecular complexity index is 6880. The monoisotopic (exact) mass is 1250 g/mol. The lowest BCUT2D eigenvalue weighted by Crippen LogP contribution is -2.01. The molecule has 19 rings (SSSR count). The summed E-state index contributed by atoms with van der Waals surface area (Å²) in [5, 5.41) is 9.25. The number of nitrogens with zero attached hydrogens (tertiary/aromatic N) is 9. The molecule has 0 aliphatic heterocycles. The van der Waals surface area contributed by atoms with Crippen molar-refractivity contribution in [3.05, 3.63) is 309 Å². The molecule has 0 N–H and O–H groups in total. The van der Waals surface area contributed by atoms with Gasteiger partial charge in [0, 0.05) is 107 Å². The smallest absolute Gasteiger partial charge is 0.165 e. The third kappa shape index (κ3) is 9.73. The van der Waals surface area contributed by atoms with Gasteiger partial charge in [-0.2, -0.15) is 0 Å². The Balaban J connectivity index is 0.000000153. The summed E-state index contributed by atoms with van der Waals surface area (Å²) in [6, 6.07) is 63.7. The van der Waals surface area contributed by atoms with Crippen molar-refractivity contribution in [3.63, 3.8) is 0 Å². The van der Waals surface area contributed by atoms with E-state index in [1.807, 2.05) is 121 Å². The third-order valence-electron chi connectivity index (χ3n) is 16.7. The van der Waals surface area contributed by atoms with Gasteiger partial charge >= 0.3 is 0 Å². The first-order valence-corrected chi connectivity index (χ1v) is 31.6. The molecular formula is C83H51N9S2. The van der Waals surface area contributed by atoms with Crippen LogP contribution in [0.3, 0.4) is 0 Å². The van der Waals surface area contributed by atoms with Crippen LogP contribution in [0.25, 0.3) is 175 Å². The fourth-order valence-electron chi connectivity index (χ4n) is 12.3. The molecule has 0 saturated heterocycles. The molecule has 440 valence electrons. The predicted octanol–water partition coefficient (Wildman–Crippen LogP) is 21.7. The highest BCUT2D eigenvalue weighted by atomic mass is 32.1. The largest absolute Gasteiger partial charge is 0.309 e. The van der Waals surface area contributed by atoms with E-state index >= 15 is 0 Å². The minimum atomic E-state index is -0.609. The lowest BCUT2D eigenvalue weighted by Gasteiger charge is -2.11. The minimum absolute atomic E-state index is 0.00242. The van der Waals surface area contributed by atoms with Crippen molar-refractivity contribution in [1.29, 1.82) is 0 Å². The van der Waals surface area contributed by atoms with Gasteiger partial charge in [-0.05, 0) is 96.1 Å². The minimum Gasteiger partial charge on any atom is -0.309 e. The van der Waals surface area contributed by atoms with Gasteiger partial charge in [-0.1, -0.05) is 218 Å². The van der Waals surface area contributed by atoms with Gasteiger partial charge in [0.25, 0.3) is 0 Å². The maximum atomic E-state index is 8.70. The van der Waals surface area contributed by atoms with Gasteiger partial charge in [0.1, 0.15) is 5.82 Å². The van der Waals surface area contributed by atoms with Crippen LogP contribution in [0, 0.1) is 0 Å². The summed E-state index contributed by atoms with van der Waals surface area (Å²) in [6.07, 6.45) is 1.53. The van der Waals surface area contributed by atoms with Crippen LogP contribution < -0.4 is 0 Å². The van der Waals surface area contributed by atoms with E-state index < -0.39 is 78.6 Å². The normalized spacial score (nSPS) is 13.9. The number of para-hydroxylation sites is 2. The molecule has 0 spiro atoms. The van der Waals surface area contributed by atoms with Gasteiger partial charge < -0.3 is 4.57 Å². The van der Waals surface area contributed by atoms with Gasteiger partial charge in [0.2, 0.25) is 0 Å². The summed E-state index contributed by atoms with van der Waals surface area (Å²) in [6.45, 7) is 0. The van der Waals surface area contributed by atoms with Crippen LogP contribution >= 0.6 is 22.7 Å². The number of rotatable bonds is 9. The molecule has 0 bridgehead atoms. The fourth-order valence-corrected chi connectivity index (χ4v) is 14.6. The van der Waals surface area contributed by atoms with E-state index in [9.17, 15) is 0 Å². The zero-order valence-electron chi connectivity index (χ0n) is 64.1. The second-order valence-corrected chi connectivity index (χ2v) is 24.3. The molecule has 7 heterocycles. The first-order chi connectivity index (χ1) is 52.8. The molecule has 9 nitrogen and oxygen atoms in total. The lowest BCUT2D eigenvalue weighted by molar-refractivity contribution is 1.05. The Morgan fingerprint density at radius 3 is 1.11 bits per heavy atom. The number of aromatic nitrogens is 9. The quantitative estimate of drug-likeness (QED) is 0.142. The molecule has 0 fully saturated rings. The molecule has 12 aromatic carbocycles. The van der Waals surface area contributed by atoms with Crippen LogP contribution in [-0.4, -0.2) is 44.0 Å². The zero-order valence-corrected chi connectivity index (χ0v) is 50.8. The molecule has 0 radical (unpaired) electrons. The standard InChI is InChI=1S/C45H28N4S.C38H23N5S/c1-3-11-29(12-4-1)30-19-21-32(22-20-30)44-46-43(31-13-5-2-6-14-31)47-45(48-44)33-23-25-34(26-24-33)49-39-17-9-7-15-35(39)37-28-42-38(27-40(37)49)36-16-8-10-18-41(36)50-42;1-3-11-24(12-4-1)36-40-37(25-13-5-2-6-14-25)42-38(41-36)26-19-20-35(39-23-26)43-31-17-9-7-15-27(31)29-22-34-30(21-32(29)43)28-16-8-10-18-33(28)44-34/h1-28H;1-23H/i2D,5D,6D,13D,14D;1D,2D,3D,4D,5D,6D,11D,12D,13D,14D. The average Bonchev–Trinajstić information content (AvgIpc) is 1.58. The lowest BCUT2D eigenvalue weighted by atomic mass is 10.0. The third-order valence-corrected chi connectivity index (χ3v) is 18.9. The van der Waals surface area contributed by atoms with Crippen LogP contribution in [0.4, 0.5) is 0 Å². The first kappa shape index (κ1) is 41.3. The first-order valence-electron chi connectivity index (χ1n) is 37.4. The summed E-state index contributed by atoms with van der Waals surface area (Å²) >= 11 is 3.56. The second kappa shape index (κ2) is 23.0. The highest BCUT2D eigenvalue weighted by Crippen LogP contribution is 2.43. The van der Waals surface area contributed by atoms with Crippen molar-refractivity contribution in [2.75, 3.05) is 0 Å². The SMILES string of the molecule is [2H]c1c([2H])c([2H])c(-c2nc(-c3ccc(-c4ccccc4)cc3)nc(-c3ccc(-n4c5ccccc5c5cc6sc7ccccc7c6cc54)cc3)n2)c([2H])c1[2H].[2H]c1c([2H])c([2H])c(-c2nc(-c3ccc(-n4c5ccccc5c5cc6sc7ccccc7c6cc54)nc3)nc(-c3c([2H])c([2H])c([2H])c([2H])c3[2H])n2)c([2H])c1[2H]. The molecule has 19 aromatic rings. The maximum Gasteiger partial charge on any atom is 0.165 e. The van der Waals surface area contributed by atoms with E-state index in [1.165, 1.54) is 51.9 Å². The molecular weight excluding hydrogens is 1190 g/mol. The maximum absolute atomic E-state index is 8.70. The molecule has 94 heavy (non-hydrogen) atoms. The molecule has 0 amide bonds. The predicted molar refractivity (Wildman–Crippen MR) is 390 cm³/mol. The number of hydrogen-bond acceptors (Lipinski definition) is 9. The molecule has 0 unspecified atom stereocenters. The van der Waals surface area contributed by atoms with E-state index in [4.69, 9.17) is 40.5 Å². The molecule has 0 aliphatic carbocycles. The Labute approximate surface area is 568 Å². The van der Waals surface area contributed by atoms with Crippen molar-refractivity contribution < 1.29 is 20.6 Å². The molecule has 0 saturated carbocycles. The van der Waals surface area contributed by atoms with Crippen LogP contribution in [0.5, 0.6) is 0 Å². The van der Waals surface area contributed by atoms with Crippen molar-refractivity contribution in [1.82, 2.24) is 44.0 Å². The van der Waals surface area contributed by atoms with Crippen LogP contribution in [0.1, 0.15) is 20.6 Å². The van der Waals surface area contributed by atoms with Crippen LogP contribution in [-0.2, 0) is 0 Å². The van der Waals surface area contributed by atoms with Gasteiger partial charge in [0.05, 0.1) is 42.6 Å². The highest BCUT2D eigenvalue weighted by Gasteiger charge is 2.21. The van der Waals surface area contributed by atoms with E-state index in [-0.39, 0.29) is 52.1 Å². The van der Waals surface area contributed by atoms with E-state index in [2.05, 4.69) is 115 Å². The van der Waals surface area contributed by atoms with Gasteiger partial charge in [-0.15, -0.1) is 22.7 Å². The Morgan fingerprint density at radius 2 is 0.628 bits per heavy atom. The fraction of sp³-hybridized carbons (Fsp3) is 0. The van der Waals surface area contributed by atoms with E-state index in [1.54, 1.807) is 23.5 Å². The number of fused-ring (bicyclic) bond motifs is 12. The number of benzene rings is 12. The Kier molecular flexibility index (Phi) is 10.1. The summed E-state index contributed by atoms with van der Waals surface area (Å²) in [7, 11) is 0. The van der Waals surface area contributed by atoms with Gasteiger partial charge in [-0.25, -0.2) is 34.9 Å². The highest BCUT2D eigenvalue weighted by molar-refractivity contribution is 7.26. The molecule has 11 heteroatoms. The van der Waals surface area contributed by atoms with E-state index in [0.29, 0.717) is 34.2 Å².